The number of nitrogens with two attached hydrogens (primary N) is 1. The third-order valence-corrected chi connectivity index (χ3v) is 3.83. The van der Waals surface area contributed by atoms with Gasteiger partial charge in [-0.05, 0) is 35.8 Å². The smallest absolute Gasteiger partial charge is 0.164 e. The molecule has 0 saturated carbocycles. The molecule has 0 bridgehead atoms. The maximum atomic E-state index is 13.7. The zero-order valence-electron chi connectivity index (χ0n) is 9.92. The van der Waals surface area contributed by atoms with E-state index < -0.39 is 17.7 Å². The van der Waals surface area contributed by atoms with E-state index in [1.54, 1.807) is 13.8 Å². The second-order valence-corrected chi connectivity index (χ2v) is 4.84. The van der Waals surface area contributed by atoms with E-state index in [4.69, 9.17) is 5.73 Å². The predicted molar refractivity (Wildman–Crippen MR) is 69.2 cm³/mol. The highest BCUT2D eigenvalue weighted by molar-refractivity contribution is 9.10. The molecular formula is C12H12BrF2N3. The van der Waals surface area contributed by atoms with E-state index in [0.29, 0.717) is 16.0 Å². The van der Waals surface area contributed by atoms with Crippen LogP contribution in [0.15, 0.2) is 22.7 Å². The van der Waals surface area contributed by atoms with Gasteiger partial charge in [-0.25, -0.2) is 13.5 Å². The van der Waals surface area contributed by atoms with Crippen molar-refractivity contribution in [1.29, 1.82) is 0 Å². The van der Waals surface area contributed by atoms with E-state index in [-0.39, 0.29) is 5.56 Å². The number of aryl methyl sites for hydroxylation is 1. The first-order chi connectivity index (χ1) is 8.43. The molecule has 96 valence electrons. The molecule has 0 radical (unpaired) electrons. The van der Waals surface area contributed by atoms with Crippen molar-refractivity contribution in [2.24, 2.45) is 0 Å². The molecule has 1 aromatic carbocycles. The summed E-state index contributed by atoms with van der Waals surface area (Å²) in [6.07, 6.45) is 0. The molecule has 0 aliphatic heterocycles. The van der Waals surface area contributed by atoms with Crippen molar-refractivity contribution < 1.29 is 8.78 Å². The molecule has 2 rings (SSSR count). The molecule has 0 fully saturated rings. The van der Waals surface area contributed by atoms with Gasteiger partial charge in [-0.15, -0.1) is 0 Å². The summed E-state index contributed by atoms with van der Waals surface area (Å²) in [6, 6.07) is 3.59. The molecule has 1 atom stereocenters. The van der Waals surface area contributed by atoms with Gasteiger partial charge in [0.2, 0.25) is 0 Å². The molecule has 1 aromatic heterocycles. The number of hydrogen-bond acceptors (Lipinski definition) is 2. The first kappa shape index (κ1) is 13.0. The molecule has 0 amide bonds. The second-order valence-electron chi connectivity index (χ2n) is 4.05. The third kappa shape index (κ3) is 2.01. The van der Waals surface area contributed by atoms with E-state index in [0.717, 1.165) is 6.07 Å². The van der Waals surface area contributed by atoms with Crippen LogP contribution < -0.4 is 5.73 Å². The Morgan fingerprint density at radius 2 is 2.06 bits per heavy atom. The van der Waals surface area contributed by atoms with E-state index in [9.17, 15) is 8.78 Å². The topological polar surface area (TPSA) is 43.8 Å². The Kier molecular flexibility index (Phi) is 3.38. The van der Waals surface area contributed by atoms with Gasteiger partial charge in [-0.2, -0.15) is 5.10 Å². The zero-order chi connectivity index (χ0) is 13.4. The maximum Gasteiger partial charge on any atom is 0.164 e. The summed E-state index contributed by atoms with van der Waals surface area (Å²) in [5, 5.41) is 4.21. The number of anilines is 1. The van der Waals surface area contributed by atoms with E-state index in [1.165, 1.54) is 16.8 Å². The van der Waals surface area contributed by atoms with Gasteiger partial charge in [0.25, 0.3) is 0 Å². The van der Waals surface area contributed by atoms with Crippen molar-refractivity contribution in [2.45, 2.75) is 19.9 Å². The van der Waals surface area contributed by atoms with Gasteiger partial charge in [0.1, 0.15) is 5.82 Å². The van der Waals surface area contributed by atoms with Crippen molar-refractivity contribution >= 4 is 21.7 Å². The fraction of sp³-hybridized carbons (Fsp3) is 0.250. The molecule has 0 saturated heterocycles. The summed E-state index contributed by atoms with van der Waals surface area (Å²) in [5.74, 6) is -1.35. The summed E-state index contributed by atoms with van der Waals surface area (Å²) >= 11 is 3.30. The summed E-state index contributed by atoms with van der Waals surface area (Å²) < 4.78 is 29.0. The fourth-order valence-corrected chi connectivity index (χ4v) is 2.08. The highest BCUT2D eigenvalue weighted by Gasteiger charge is 2.20. The molecule has 1 unspecified atom stereocenters. The van der Waals surface area contributed by atoms with Crippen LogP contribution in [0.2, 0.25) is 0 Å². The van der Waals surface area contributed by atoms with Crippen LogP contribution in [-0.2, 0) is 0 Å². The molecule has 2 N–H and O–H groups in total. The standard InChI is InChI=1S/C12H12BrF2N3/c1-6-10(13)12(16)18(17-6)7(2)8-4-3-5-9(14)11(8)15/h3-5,7H,16H2,1-2H3. The second kappa shape index (κ2) is 4.68. The van der Waals surface area contributed by atoms with Crippen LogP contribution in [0.3, 0.4) is 0 Å². The minimum absolute atomic E-state index is 0.219. The molecule has 18 heavy (non-hydrogen) atoms. The van der Waals surface area contributed by atoms with Crippen LogP contribution in [0.5, 0.6) is 0 Å². The third-order valence-electron chi connectivity index (χ3n) is 2.85. The first-order valence-corrected chi connectivity index (χ1v) is 6.16. The fourth-order valence-electron chi connectivity index (χ4n) is 1.82. The van der Waals surface area contributed by atoms with Crippen molar-refractivity contribution in [3.8, 4) is 0 Å². The average Bonchev–Trinajstić information content (AvgIpc) is 2.60. The molecule has 3 nitrogen and oxygen atoms in total. The van der Waals surface area contributed by atoms with Crippen LogP contribution in [0.4, 0.5) is 14.6 Å². The average molecular weight is 316 g/mol. The Labute approximate surface area is 112 Å². The monoisotopic (exact) mass is 315 g/mol. The minimum atomic E-state index is -0.874. The van der Waals surface area contributed by atoms with Crippen molar-refractivity contribution in [3.63, 3.8) is 0 Å². The van der Waals surface area contributed by atoms with Gasteiger partial charge in [-0.3, -0.25) is 0 Å². The number of benzene rings is 1. The van der Waals surface area contributed by atoms with Gasteiger partial charge < -0.3 is 5.73 Å². The largest absolute Gasteiger partial charge is 0.383 e. The quantitative estimate of drug-likeness (QED) is 0.922. The zero-order valence-corrected chi connectivity index (χ0v) is 11.5. The van der Waals surface area contributed by atoms with Gasteiger partial charge in [-0.1, -0.05) is 12.1 Å². The Morgan fingerprint density at radius 3 is 2.61 bits per heavy atom. The lowest BCUT2D eigenvalue weighted by atomic mass is 10.1. The van der Waals surface area contributed by atoms with Gasteiger partial charge in [0, 0.05) is 5.56 Å². The minimum Gasteiger partial charge on any atom is -0.383 e. The highest BCUT2D eigenvalue weighted by atomic mass is 79.9. The Bertz CT molecular complexity index is 595. The first-order valence-electron chi connectivity index (χ1n) is 5.37. The van der Waals surface area contributed by atoms with Crippen LogP contribution >= 0.6 is 15.9 Å². The van der Waals surface area contributed by atoms with Gasteiger partial charge in [0.15, 0.2) is 11.6 Å². The molecular weight excluding hydrogens is 304 g/mol. The van der Waals surface area contributed by atoms with Crippen LogP contribution in [0.25, 0.3) is 0 Å². The van der Waals surface area contributed by atoms with Gasteiger partial charge in [0.05, 0.1) is 16.2 Å². The molecule has 0 aliphatic carbocycles. The molecule has 6 heteroatoms. The summed E-state index contributed by atoms with van der Waals surface area (Å²) in [6.45, 7) is 3.50. The number of halogens is 3. The number of nitrogens with zero attached hydrogens (tertiary/aromatic N) is 2. The molecule has 0 aliphatic rings. The molecule has 2 aromatic rings. The normalized spacial score (nSPS) is 12.7. The highest BCUT2D eigenvalue weighted by Crippen LogP contribution is 2.30. The molecule has 1 heterocycles. The van der Waals surface area contributed by atoms with Crippen LogP contribution in [0.1, 0.15) is 24.2 Å². The number of rotatable bonds is 2. The van der Waals surface area contributed by atoms with E-state index in [2.05, 4.69) is 21.0 Å². The predicted octanol–water partition coefficient (Wildman–Crippen LogP) is 3.42. The van der Waals surface area contributed by atoms with Crippen LogP contribution in [-0.4, -0.2) is 9.78 Å². The summed E-state index contributed by atoms with van der Waals surface area (Å²) in [5.41, 5.74) is 6.79. The lowest BCUT2D eigenvalue weighted by Gasteiger charge is -2.15. The Balaban J connectivity index is 2.51. The van der Waals surface area contributed by atoms with E-state index >= 15 is 0 Å². The van der Waals surface area contributed by atoms with Crippen LogP contribution in [0, 0.1) is 18.6 Å². The lowest BCUT2D eigenvalue weighted by molar-refractivity contribution is 0.471. The number of hydrogen-bond donors (Lipinski definition) is 1. The van der Waals surface area contributed by atoms with Gasteiger partial charge >= 0.3 is 0 Å². The van der Waals surface area contributed by atoms with Crippen molar-refractivity contribution in [3.05, 3.63) is 45.6 Å². The number of nitrogen functional groups attached to an aromatic ring is 1. The Hall–Kier alpha value is -1.43. The Morgan fingerprint density at radius 1 is 1.39 bits per heavy atom. The summed E-state index contributed by atoms with van der Waals surface area (Å²) in [4.78, 5) is 0. The van der Waals surface area contributed by atoms with E-state index in [1.807, 2.05) is 0 Å². The number of aromatic nitrogens is 2. The maximum absolute atomic E-state index is 13.7. The summed E-state index contributed by atoms with van der Waals surface area (Å²) in [7, 11) is 0. The van der Waals surface area contributed by atoms with Crippen molar-refractivity contribution in [2.75, 3.05) is 5.73 Å². The molecule has 0 spiro atoms. The lowest BCUT2D eigenvalue weighted by Crippen LogP contribution is -2.13. The van der Waals surface area contributed by atoms with Crippen molar-refractivity contribution in [1.82, 2.24) is 9.78 Å². The SMILES string of the molecule is Cc1nn(C(C)c2cccc(F)c2F)c(N)c1Br.